The second-order valence-electron chi connectivity index (χ2n) is 8.97. The van der Waals surface area contributed by atoms with Gasteiger partial charge < -0.3 is 30.3 Å². The average Bonchev–Trinajstić information content (AvgIpc) is 3.10. The fourth-order valence-corrected chi connectivity index (χ4v) is 4.80. The number of halogens is 1. The number of nitrogens with one attached hydrogen (secondary N) is 2. The van der Waals surface area contributed by atoms with Crippen LogP contribution in [0.2, 0.25) is 5.28 Å². The lowest BCUT2D eigenvalue weighted by molar-refractivity contribution is 0.0224. The Morgan fingerprint density at radius 3 is 2.14 bits per heavy atom. The summed E-state index contributed by atoms with van der Waals surface area (Å²) in [6.45, 7) is 3.89. The van der Waals surface area contributed by atoms with Crippen molar-refractivity contribution < 1.29 is 24.5 Å². The largest absolute Gasteiger partial charge is 0.508 e. The van der Waals surface area contributed by atoms with E-state index in [2.05, 4.69) is 25.6 Å². The number of fused-ring (bicyclic) bond motifs is 6. The zero-order chi connectivity index (χ0) is 25.9. The smallest absolute Gasteiger partial charge is 0.340 e. The Labute approximate surface area is 215 Å². The third-order valence-electron chi connectivity index (χ3n) is 6.06. The zero-order valence-electron chi connectivity index (χ0n) is 19.6. The normalized spacial score (nSPS) is 14.4. The second kappa shape index (κ2) is 8.24. The van der Waals surface area contributed by atoms with Gasteiger partial charge in [0, 0.05) is 40.6 Å². The summed E-state index contributed by atoms with van der Waals surface area (Å²) in [5.41, 5.74) is 1.20. The molecule has 2 aliphatic heterocycles. The quantitative estimate of drug-likeness (QED) is 0.271. The Kier molecular flexibility index (Phi) is 5.09. The molecule has 0 aliphatic carbocycles. The van der Waals surface area contributed by atoms with Crippen LogP contribution in [0.3, 0.4) is 0 Å². The van der Waals surface area contributed by atoms with Crippen molar-refractivity contribution >= 4 is 35.2 Å². The Hall–Kier alpha value is -4.57. The van der Waals surface area contributed by atoms with Gasteiger partial charge in [0.15, 0.2) is 5.60 Å². The van der Waals surface area contributed by atoms with Crippen LogP contribution in [0, 0.1) is 0 Å². The number of carbonyl (C=O) groups excluding carboxylic acids is 1. The fraction of sp³-hybridized carbons (Fsp3) is 0.154. The van der Waals surface area contributed by atoms with Gasteiger partial charge in [-0.15, -0.1) is 0 Å². The summed E-state index contributed by atoms with van der Waals surface area (Å²) >= 11 is 6.07. The summed E-state index contributed by atoms with van der Waals surface area (Å²) in [6, 6.07) is 14.5. The van der Waals surface area contributed by atoms with Crippen LogP contribution in [-0.4, -0.2) is 37.2 Å². The lowest BCUT2D eigenvalue weighted by atomic mass is 9.77. The van der Waals surface area contributed by atoms with Crippen molar-refractivity contribution in [2.75, 3.05) is 10.6 Å². The number of carbonyl (C=O) groups is 1. The fourth-order valence-electron chi connectivity index (χ4n) is 4.64. The van der Waals surface area contributed by atoms with E-state index in [4.69, 9.17) is 21.1 Å². The molecule has 37 heavy (non-hydrogen) atoms. The number of benzene rings is 3. The molecule has 0 saturated heterocycles. The van der Waals surface area contributed by atoms with Crippen molar-refractivity contribution in [3.8, 4) is 23.0 Å². The number of esters is 1. The highest BCUT2D eigenvalue weighted by Gasteiger charge is 2.53. The first kappa shape index (κ1) is 22.9. The molecule has 1 aromatic heterocycles. The van der Waals surface area contributed by atoms with Crippen molar-refractivity contribution in [1.29, 1.82) is 0 Å². The van der Waals surface area contributed by atoms with Gasteiger partial charge in [-0.1, -0.05) is 6.07 Å². The molecule has 6 rings (SSSR count). The number of anilines is 3. The monoisotopic (exact) mass is 517 g/mol. The highest BCUT2D eigenvalue weighted by Crippen LogP contribution is 2.57. The van der Waals surface area contributed by atoms with Crippen molar-refractivity contribution in [3.05, 3.63) is 82.1 Å². The maximum absolute atomic E-state index is 13.3. The summed E-state index contributed by atoms with van der Waals surface area (Å²) in [7, 11) is 0. The van der Waals surface area contributed by atoms with E-state index in [0.29, 0.717) is 45.4 Å². The molecule has 186 valence electrons. The van der Waals surface area contributed by atoms with Crippen LogP contribution < -0.4 is 15.4 Å². The number of phenols is 2. The number of hydrogen-bond donors (Lipinski definition) is 4. The molecule has 0 amide bonds. The lowest BCUT2D eigenvalue weighted by Gasteiger charge is -2.36. The van der Waals surface area contributed by atoms with Gasteiger partial charge in [-0.05, 0) is 61.8 Å². The molecule has 4 N–H and O–H groups in total. The van der Waals surface area contributed by atoms with E-state index in [1.54, 1.807) is 30.3 Å². The number of phenolic OH excluding ortho intramolecular Hbond substituents is 2. The highest BCUT2D eigenvalue weighted by molar-refractivity contribution is 6.28. The molecule has 1 spiro atoms. The van der Waals surface area contributed by atoms with Gasteiger partial charge in [-0.3, -0.25) is 0 Å². The third-order valence-corrected chi connectivity index (χ3v) is 6.22. The molecule has 0 atom stereocenters. The molecule has 11 heteroatoms. The predicted molar refractivity (Wildman–Crippen MR) is 135 cm³/mol. The van der Waals surface area contributed by atoms with E-state index in [9.17, 15) is 15.0 Å². The van der Waals surface area contributed by atoms with Gasteiger partial charge in [0.1, 0.15) is 23.0 Å². The van der Waals surface area contributed by atoms with Gasteiger partial charge in [-0.2, -0.15) is 15.0 Å². The van der Waals surface area contributed by atoms with Crippen molar-refractivity contribution in [2.24, 2.45) is 0 Å². The first-order valence-electron chi connectivity index (χ1n) is 11.4. The maximum atomic E-state index is 13.3. The van der Waals surface area contributed by atoms with E-state index in [1.165, 1.54) is 24.3 Å². The minimum absolute atomic E-state index is 0.0102. The molecule has 3 aromatic carbocycles. The van der Waals surface area contributed by atoms with Crippen LogP contribution in [0.4, 0.5) is 17.6 Å². The van der Waals surface area contributed by atoms with E-state index in [-0.39, 0.29) is 28.8 Å². The minimum atomic E-state index is -1.33. The molecule has 0 bridgehead atoms. The van der Waals surface area contributed by atoms with Crippen molar-refractivity contribution in [2.45, 2.75) is 25.5 Å². The standard InChI is InChI=1S/C26H20ClN5O5/c1-12(2)28-24-30-23(27)31-25(32-24)29-13-3-6-17-16(9-13)22(35)37-26(17)18-7-4-14(33)10-20(18)36-21-11-15(34)5-8-19(21)26/h3-12,33-34H,1-2H3,(H2,28,29,30,31,32). The first-order chi connectivity index (χ1) is 17.7. The van der Waals surface area contributed by atoms with Crippen LogP contribution in [-0.2, 0) is 10.3 Å². The number of hydrogen-bond acceptors (Lipinski definition) is 10. The minimum Gasteiger partial charge on any atom is -0.508 e. The molecule has 2 aliphatic rings. The number of aromatic hydroxyl groups is 2. The molecular formula is C26H20ClN5O5. The van der Waals surface area contributed by atoms with Gasteiger partial charge >= 0.3 is 5.97 Å². The molecular weight excluding hydrogens is 498 g/mol. The predicted octanol–water partition coefficient (Wildman–Crippen LogP) is 5.07. The lowest BCUT2D eigenvalue weighted by Crippen LogP contribution is -2.32. The molecule has 0 fully saturated rings. The topological polar surface area (TPSA) is 139 Å². The molecule has 0 saturated carbocycles. The van der Waals surface area contributed by atoms with Gasteiger partial charge in [0.2, 0.25) is 17.2 Å². The number of ether oxygens (including phenoxy) is 2. The van der Waals surface area contributed by atoms with E-state index in [0.717, 1.165) is 0 Å². The van der Waals surface area contributed by atoms with Crippen LogP contribution in [0.15, 0.2) is 54.6 Å². The third kappa shape index (κ3) is 3.73. The van der Waals surface area contributed by atoms with Crippen LogP contribution in [0.1, 0.15) is 40.9 Å². The number of nitrogens with zero attached hydrogens (tertiary/aromatic N) is 3. The summed E-state index contributed by atoms with van der Waals surface area (Å²) in [6.07, 6.45) is 0. The van der Waals surface area contributed by atoms with Crippen LogP contribution in [0.5, 0.6) is 23.0 Å². The maximum Gasteiger partial charge on any atom is 0.340 e. The first-order valence-corrected chi connectivity index (χ1v) is 11.8. The number of rotatable bonds is 4. The zero-order valence-corrected chi connectivity index (χ0v) is 20.4. The SMILES string of the molecule is CC(C)Nc1nc(Cl)nc(Nc2ccc3c(c2)C(=O)OC32c3ccc(O)cc3Oc3cc(O)ccc32)n1. The Morgan fingerprint density at radius 2 is 1.49 bits per heavy atom. The molecule has 10 nitrogen and oxygen atoms in total. The summed E-state index contributed by atoms with van der Waals surface area (Å²) in [5.74, 6) is 0.579. The Balaban J connectivity index is 1.46. The van der Waals surface area contributed by atoms with Crippen LogP contribution in [0.25, 0.3) is 0 Å². The Bertz CT molecular complexity index is 1540. The van der Waals surface area contributed by atoms with E-state index >= 15 is 0 Å². The van der Waals surface area contributed by atoms with Crippen LogP contribution >= 0.6 is 11.6 Å². The summed E-state index contributed by atoms with van der Waals surface area (Å²) < 4.78 is 12.1. The average molecular weight is 518 g/mol. The van der Waals surface area contributed by atoms with Gasteiger partial charge in [0.05, 0.1) is 5.56 Å². The molecule has 3 heterocycles. The second-order valence-corrected chi connectivity index (χ2v) is 9.31. The summed E-state index contributed by atoms with van der Waals surface area (Å²) in [5, 5.41) is 26.3. The molecule has 4 aromatic rings. The van der Waals surface area contributed by atoms with E-state index in [1.807, 2.05) is 13.8 Å². The van der Waals surface area contributed by atoms with Crippen molar-refractivity contribution in [3.63, 3.8) is 0 Å². The Morgan fingerprint density at radius 1 is 0.865 bits per heavy atom. The van der Waals surface area contributed by atoms with Gasteiger partial charge in [0.25, 0.3) is 0 Å². The van der Waals surface area contributed by atoms with E-state index < -0.39 is 11.6 Å². The molecule has 0 unspecified atom stereocenters. The highest BCUT2D eigenvalue weighted by atomic mass is 35.5. The molecule has 0 radical (unpaired) electrons. The van der Waals surface area contributed by atoms with Crippen molar-refractivity contribution in [1.82, 2.24) is 15.0 Å². The summed E-state index contributed by atoms with van der Waals surface area (Å²) in [4.78, 5) is 25.8. The van der Waals surface area contributed by atoms with Gasteiger partial charge in [-0.25, -0.2) is 4.79 Å². The number of aromatic nitrogens is 3.